The van der Waals surface area contributed by atoms with Gasteiger partial charge in [-0.2, -0.15) is 0 Å². The molecule has 1 aromatic heterocycles. The first-order chi connectivity index (χ1) is 8.49. The van der Waals surface area contributed by atoms with Crippen molar-refractivity contribution in [2.45, 2.75) is 45.1 Å². The van der Waals surface area contributed by atoms with E-state index >= 15 is 0 Å². The molecule has 1 saturated carbocycles. The lowest BCUT2D eigenvalue weighted by Gasteiger charge is -2.37. The predicted molar refractivity (Wildman–Crippen MR) is 71.8 cm³/mol. The van der Waals surface area contributed by atoms with Crippen molar-refractivity contribution >= 4 is 0 Å². The molecule has 1 aromatic rings. The summed E-state index contributed by atoms with van der Waals surface area (Å²) >= 11 is 0. The second-order valence-corrected chi connectivity index (χ2v) is 5.73. The minimum atomic E-state index is -0.469. The van der Waals surface area contributed by atoms with Gasteiger partial charge in [-0.25, -0.2) is 4.98 Å². The molecule has 0 amide bonds. The van der Waals surface area contributed by atoms with Gasteiger partial charge in [-0.1, -0.05) is 19.8 Å². The van der Waals surface area contributed by atoms with Gasteiger partial charge in [0.05, 0.1) is 11.9 Å². The van der Waals surface area contributed by atoms with Gasteiger partial charge in [-0.3, -0.25) is 0 Å². The summed E-state index contributed by atoms with van der Waals surface area (Å²) < 4.78 is 1.91. The Morgan fingerprint density at radius 3 is 2.61 bits per heavy atom. The van der Waals surface area contributed by atoms with Crippen LogP contribution in [0.4, 0.5) is 0 Å². The van der Waals surface area contributed by atoms with Gasteiger partial charge in [-0.05, 0) is 37.5 Å². The summed E-state index contributed by atoms with van der Waals surface area (Å²) in [6.45, 7) is 4.19. The summed E-state index contributed by atoms with van der Waals surface area (Å²) in [5.41, 5.74) is 0.366. The predicted octanol–water partition coefficient (Wildman–Crippen LogP) is 2.35. The third-order valence-corrected chi connectivity index (χ3v) is 4.04. The average Bonchev–Trinajstić information content (AvgIpc) is 2.74. The van der Waals surface area contributed by atoms with Gasteiger partial charge in [0.25, 0.3) is 0 Å². The van der Waals surface area contributed by atoms with Gasteiger partial charge in [0.15, 0.2) is 0 Å². The number of hydrogen-bond acceptors (Lipinski definition) is 2. The lowest BCUT2D eigenvalue weighted by Crippen LogP contribution is -2.38. The molecule has 1 aliphatic rings. The molecule has 0 saturated heterocycles. The van der Waals surface area contributed by atoms with Gasteiger partial charge in [0.2, 0.25) is 0 Å². The summed E-state index contributed by atoms with van der Waals surface area (Å²) in [4.78, 5) is 4.20. The second kappa shape index (κ2) is 5.16. The fraction of sp³-hybridized carbons (Fsp3) is 0.667. The highest BCUT2D eigenvalue weighted by molar-refractivity contribution is 5.26. The van der Waals surface area contributed by atoms with E-state index in [2.05, 4.69) is 30.7 Å². The molecule has 0 unspecified atom stereocenters. The topological polar surface area (TPSA) is 38.0 Å². The van der Waals surface area contributed by atoms with Gasteiger partial charge < -0.3 is 9.67 Å². The van der Waals surface area contributed by atoms with E-state index in [9.17, 15) is 5.11 Å². The first-order valence-corrected chi connectivity index (χ1v) is 6.71. The number of hydrogen-bond donors (Lipinski definition) is 1. The molecule has 0 aliphatic heterocycles. The Bertz CT molecular complexity index is 456. The number of rotatable bonds is 1. The van der Waals surface area contributed by atoms with Crippen LogP contribution in [0.1, 0.15) is 45.2 Å². The number of imidazole rings is 1. The highest BCUT2D eigenvalue weighted by Gasteiger charge is 2.35. The van der Waals surface area contributed by atoms with E-state index in [-0.39, 0.29) is 0 Å². The third-order valence-electron chi connectivity index (χ3n) is 4.04. The van der Waals surface area contributed by atoms with Crippen molar-refractivity contribution in [3.63, 3.8) is 0 Å². The monoisotopic (exact) mass is 246 g/mol. The molecule has 0 aromatic carbocycles. The van der Waals surface area contributed by atoms with Gasteiger partial charge in [0.1, 0.15) is 5.69 Å². The van der Waals surface area contributed by atoms with Crippen molar-refractivity contribution in [3.05, 3.63) is 18.2 Å². The summed E-state index contributed by atoms with van der Waals surface area (Å²) in [5, 5.41) is 10.4. The maximum absolute atomic E-state index is 10.4. The molecule has 18 heavy (non-hydrogen) atoms. The van der Waals surface area contributed by atoms with Crippen LogP contribution in [-0.4, -0.2) is 20.3 Å². The first-order valence-electron chi connectivity index (χ1n) is 6.71. The zero-order valence-corrected chi connectivity index (χ0v) is 11.5. The minimum Gasteiger partial charge on any atom is -0.390 e. The molecule has 2 rings (SSSR count). The molecule has 1 aliphatic carbocycles. The first kappa shape index (κ1) is 13.2. The molecule has 3 nitrogen and oxygen atoms in total. The van der Waals surface area contributed by atoms with Gasteiger partial charge in [0, 0.05) is 19.2 Å². The van der Waals surface area contributed by atoms with Crippen LogP contribution < -0.4 is 0 Å². The van der Waals surface area contributed by atoms with Crippen LogP contribution >= 0.6 is 0 Å². The average molecular weight is 246 g/mol. The SMILES string of the molecule is CC(C)C1(O)CCC(C#Cc2cn(C)cn2)CC1. The Labute approximate surface area is 109 Å². The van der Waals surface area contributed by atoms with Crippen molar-refractivity contribution in [2.75, 3.05) is 0 Å². The van der Waals surface area contributed by atoms with E-state index in [4.69, 9.17) is 0 Å². The summed E-state index contributed by atoms with van der Waals surface area (Å²) in [6.07, 6.45) is 7.42. The van der Waals surface area contributed by atoms with E-state index in [0.717, 1.165) is 31.4 Å². The van der Waals surface area contributed by atoms with Crippen LogP contribution in [0.3, 0.4) is 0 Å². The Morgan fingerprint density at radius 1 is 1.44 bits per heavy atom. The largest absolute Gasteiger partial charge is 0.390 e. The van der Waals surface area contributed by atoms with Crippen molar-refractivity contribution in [1.82, 2.24) is 9.55 Å². The maximum Gasteiger partial charge on any atom is 0.131 e. The zero-order valence-electron chi connectivity index (χ0n) is 11.5. The van der Waals surface area contributed by atoms with Gasteiger partial charge >= 0.3 is 0 Å². The molecule has 1 N–H and O–H groups in total. The lowest BCUT2D eigenvalue weighted by atomic mass is 9.73. The lowest BCUT2D eigenvalue weighted by molar-refractivity contribution is -0.0428. The summed E-state index contributed by atoms with van der Waals surface area (Å²) in [6, 6.07) is 0. The number of aryl methyl sites for hydroxylation is 1. The third kappa shape index (κ3) is 2.94. The van der Waals surface area contributed by atoms with E-state index in [1.165, 1.54) is 0 Å². The Hall–Kier alpha value is -1.27. The van der Waals surface area contributed by atoms with Crippen molar-refractivity contribution in [1.29, 1.82) is 0 Å². The Kier molecular flexibility index (Phi) is 3.77. The maximum atomic E-state index is 10.4. The van der Waals surface area contributed by atoms with Crippen molar-refractivity contribution < 1.29 is 5.11 Å². The molecule has 1 heterocycles. The molecule has 0 spiro atoms. The second-order valence-electron chi connectivity index (χ2n) is 5.73. The quantitative estimate of drug-likeness (QED) is 0.772. The van der Waals surface area contributed by atoms with Crippen LogP contribution in [-0.2, 0) is 7.05 Å². The summed E-state index contributed by atoms with van der Waals surface area (Å²) in [7, 11) is 1.95. The molecule has 0 bridgehead atoms. The van der Waals surface area contributed by atoms with E-state index in [0.29, 0.717) is 11.8 Å². The molecule has 3 heteroatoms. The van der Waals surface area contributed by atoms with Crippen molar-refractivity contribution in [3.8, 4) is 11.8 Å². The van der Waals surface area contributed by atoms with Gasteiger partial charge in [-0.15, -0.1) is 0 Å². The number of aromatic nitrogens is 2. The Balaban J connectivity index is 1.93. The fourth-order valence-electron chi connectivity index (χ4n) is 2.49. The highest BCUT2D eigenvalue weighted by Crippen LogP contribution is 2.36. The normalized spacial score (nSPS) is 27.9. The number of aliphatic hydroxyl groups is 1. The molecule has 1 fully saturated rings. The molecular formula is C15H22N2O. The highest BCUT2D eigenvalue weighted by atomic mass is 16.3. The molecule has 0 atom stereocenters. The summed E-state index contributed by atoms with van der Waals surface area (Å²) in [5.74, 6) is 7.16. The van der Waals surface area contributed by atoms with E-state index < -0.39 is 5.60 Å². The fourth-order valence-corrected chi connectivity index (χ4v) is 2.49. The zero-order chi connectivity index (χ0) is 13.2. The van der Waals surface area contributed by atoms with Crippen LogP contribution in [0.25, 0.3) is 0 Å². The van der Waals surface area contributed by atoms with Crippen molar-refractivity contribution in [2.24, 2.45) is 18.9 Å². The molecule has 98 valence electrons. The van der Waals surface area contributed by atoms with Crippen LogP contribution in [0, 0.1) is 23.7 Å². The standard InChI is InChI=1S/C15H22N2O/c1-12(2)15(18)8-6-13(7-9-15)4-5-14-10-17(3)11-16-14/h10-13,18H,6-9H2,1-3H3. The van der Waals surface area contributed by atoms with E-state index in [1.54, 1.807) is 6.33 Å². The molecule has 0 radical (unpaired) electrons. The van der Waals surface area contributed by atoms with Crippen LogP contribution in [0.5, 0.6) is 0 Å². The Morgan fingerprint density at radius 2 is 2.11 bits per heavy atom. The number of nitrogens with zero attached hydrogens (tertiary/aromatic N) is 2. The molecular weight excluding hydrogens is 224 g/mol. The van der Waals surface area contributed by atoms with Crippen LogP contribution in [0.2, 0.25) is 0 Å². The van der Waals surface area contributed by atoms with Crippen LogP contribution in [0.15, 0.2) is 12.5 Å². The minimum absolute atomic E-state index is 0.335. The smallest absolute Gasteiger partial charge is 0.131 e. The van der Waals surface area contributed by atoms with E-state index in [1.807, 2.05) is 17.8 Å².